The van der Waals surface area contributed by atoms with Crippen LogP contribution in [0.25, 0.3) is 0 Å². The van der Waals surface area contributed by atoms with Crippen LogP contribution in [0, 0.1) is 13.8 Å². The van der Waals surface area contributed by atoms with Crippen molar-refractivity contribution in [1.29, 1.82) is 0 Å². The van der Waals surface area contributed by atoms with Gasteiger partial charge in [0.25, 0.3) is 0 Å². The first-order valence-corrected chi connectivity index (χ1v) is 5.01. The predicted octanol–water partition coefficient (Wildman–Crippen LogP) is 3.43. The molecule has 0 aliphatic heterocycles. The Morgan fingerprint density at radius 3 is 2.07 bits per heavy atom. The normalized spacial score (nSPS) is 9.00. The van der Waals surface area contributed by atoms with E-state index in [0.717, 1.165) is 5.56 Å². The van der Waals surface area contributed by atoms with E-state index in [1.807, 2.05) is 38.2 Å². The summed E-state index contributed by atoms with van der Waals surface area (Å²) in [6, 6.07) is 7.65. The Morgan fingerprint density at radius 2 is 1.73 bits per heavy atom. The molecule has 0 spiro atoms. The average Bonchev–Trinajstić information content (AvgIpc) is 2.25. The molecule has 78 valence electrons. The fourth-order valence-corrected chi connectivity index (χ4v) is 1.01. The van der Waals surface area contributed by atoms with E-state index in [2.05, 4.69) is 9.97 Å². The second-order valence-electron chi connectivity index (χ2n) is 3.19. The molecule has 0 saturated heterocycles. The molecule has 0 saturated carbocycles. The summed E-state index contributed by atoms with van der Waals surface area (Å²) in [7, 11) is 0. The van der Waals surface area contributed by atoms with Crippen molar-refractivity contribution in [2.45, 2.75) is 13.8 Å². The maximum absolute atomic E-state index is 5.50. The van der Waals surface area contributed by atoms with Crippen molar-refractivity contribution >= 4 is 11.6 Å². The fourth-order valence-electron chi connectivity index (χ4n) is 0.898. The molecule has 0 bridgehead atoms. The van der Waals surface area contributed by atoms with Crippen molar-refractivity contribution in [3.63, 3.8) is 0 Å². The molecule has 2 nitrogen and oxygen atoms in total. The van der Waals surface area contributed by atoms with Gasteiger partial charge < -0.3 is 0 Å². The van der Waals surface area contributed by atoms with Crippen LogP contribution in [-0.2, 0) is 0 Å². The summed E-state index contributed by atoms with van der Waals surface area (Å²) in [4.78, 5) is 7.73. The van der Waals surface area contributed by atoms with Crippen LogP contribution in [0.4, 0.5) is 0 Å². The van der Waals surface area contributed by atoms with E-state index in [9.17, 15) is 0 Å². The van der Waals surface area contributed by atoms with Gasteiger partial charge in [-0.1, -0.05) is 23.7 Å². The van der Waals surface area contributed by atoms with Crippen LogP contribution in [0.2, 0.25) is 5.15 Å². The first-order chi connectivity index (χ1) is 7.18. The molecule has 0 aliphatic rings. The molecule has 0 atom stereocenters. The Morgan fingerprint density at radius 1 is 1.00 bits per heavy atom. The Bertz CT molecular complexity index is 363. The second-order valence-corrected chi connectivity index (χ2v) is 3.58. The summed E-state index contributed by atoms with van der Waals surface area (Å²) in [5.41, 5.74) is 2.34. The van der Waals surface area contributed by atoms with Crippen molar-refractivity contribution < 1.29 is 0 Å². The molecule has 3 heteroatoms. The van der Waals surface area contributed by atoms with Gasteiger partial charge in [-0.05, 0) is 37.1 Å². The zero-order valence-corrected chi connectivity index (χ0v) is 9.57. The SMILES string of the molecule is Cc1ccc(Cl)nc1.Cc1cccnc1. The van der Waals surface area contributed by atoms with Gasteiger partial charge in [-0.2, -0.15) is 0 Å². The maximum Gasteiger partial charge on any atom is 0.129 e. The van der Waals surface area contributed by atoms with Gasteiger partial charge in [0, 0.05) is 18.6 Å². The highest BCUT2D eigenvalue weighted by Gasteiger charge is 1.83. The van der Waals surface area contributed by atoms with E-state index in [4.69, 9.17) is 11.6 Å². The average molecular weight is 221 g/mol. The quantitative estimate of drug-likeness (QED) is 0.636. The molecular formula is C12H13ClN2. The molecule has 2 aromatic rings. The summed E-state index contributed by atoms with van der Waals surface area (Å²) in [5, 5.41) is 0.551. The minimum absolute atomic E-state index is 0.551. The van der Waals surface area contributed by atoms with Crippen molar-refractivity contribution in [2.75, 3.05) is 0 Å². The van der Waals surface area contributed by atoms with E-state index in [1.165, 1.54) is 5.56 Å². The molecule has 0 aromatic carbocycles. The third-order valence-electron chi connectivity index (χ3n) is 1.68. The first kappa shape index (κ1) is 11.7. The van der Waals surface area contributed by atoms with E-state index >= 15 is 0 Å². The molecule has 0 unspecified atom stereocenters. The van der Waals surface area contributed by atoms with Gasteiger partial charge in [-0.15, -0.1) is 0 Å². The number of hydrogen-bond donors (Lipinski definition) is 0. The number of pyridine rings is 2. The van der Waals surface area contributed by atoms with Crippen LogP contribution < -0.4 is 0 Å². The smallest absolute Gasteiger partial charge is 0.129 e. The lowest BCUT2D eigenvalue weighted by molar-refractivity contribution is 1.27. The largest absolute Gasteiger partial charge is 0.264 e. The minimum Gasteiger partial charge on any atom is -0.264 e. The van der Waals surface area contributed by atoms with E-state index in [1.54, 1.807) is 18.5 Å². The van der Waals surface area contributed by atoms with E-state index in [-0.39, 0.29) is 0 Å². The van der Waals surface area contributed by atoms with E-state index < -0.39 is 0 Å². The van der Waals surface area contributed by atoms with Gasteiger partial charge in [-0.25, -0.2) is 4.98 Å². The Balaban J connectivity index is 0.000000151. The number of halogens is 1. The highest BCUT2D eigenvalue weighted by atomic mass is 35.5. The Hall–Kier alpha value is -1.41. The van der Waals surface area contributed by atoms with Crippen LogP contribution in [0.5, 0.6) is 0 Å². The van der Waals surface area contributed by atoms with Crippen LogP contribution >= 0.6 is 11.6 Å². The third-order valence-corrected chi connectivity index (χ3v) is 1.91. The molecule has 0 amide bonds. The maximum atomic E-state index is 5.50. The Kier molecular flexibility index (Phi) is 4.78. The van der Waals surface area contributed by atoms with Gasteiger partial charge >= 0.3 is 0 Å². The van der Waals surface area contributed by atoms with Crippen molar-refractivity contribution in [3.05, 3.63) is 59.1 Å². The molecule has 0 fully saturated rings. The summed E-state index contributed by atoms with van der Waals surface area (Å²) in [6.07, 6.45) is 5.34. The topological polar surface area (TPSA) is 25.8 Å². The number of rotatable bonds is 0. The van der Waals surface area contributed by atoms with Gasteiger partial charge in [-0.3, -0.25) is 4.98 Å². The first-order valence-electron chi connectivity index (χ1n) is 4.63. The number of aryl methyl sites for hydroxylation is 2. The monoisotopic (exact) mass is 220 g/mol. The number of nitrogens with zero attached hydrogens (tertiary/aromatic N) is 2. The lowest BCUT2D eigenvalue weighted by Crippen LogP contribution is -1.73. The molecule has 0 N–H and O–H groups in total. The number of hydrogen-bond acceptors (Lipinski definition) is 2. The third kappa shape index (κ3) is 5.13. The standard InChI is InChI=1S/C6H6ClN.C6H7N/c1-5-2-3-6(7)8-4-5;1-6-3-2-4-7-5-6/h2-4H,1H3;2-5H,1H3. The van der Waals surface area contributed by atoms with Gasteiger partial charge in [0.2, 0.25) is 0 Å². The summed E-state index contributed by atoms with van der Waals surface area (Å²) in [6.45, 7) is 4.00. The molecule has 2 rings (SSSR count). The molecular weight excluding hydrogens is 208 g/mol. The molecule has 2 aromatic heterocycles. The summed E-state index contributed by atoms with van der Waals surface area (Å²) >= 11 is 5.50. The lowest BCUT2D eigenvalue weighted by atomic mass is 10.3. The van der Waals surface area contributed by atoms with Gasteiger partial charge in [0.1, 0.15) is 5.15 Å². The minimum atomic E-state index is 0.551. The van der Waals surface area contributed by atoms with Crippen molar-refractivity contribution in [1.82, 2.24) is 9.97 Å². The van der Waals surface area contributed by atoms with Crippen LogP contribution in [0.15, 0.2) is 42.9 Å². The Labute approximate surface area is 95.0 Å². The fraction of sp³-hybridized carbons (Fsp3) is 0.167. The van der Waals surface area contributed by atoms with Crippen molar-refractivity contribution in [2.24, 2.45) is 0 Å². The number of aromatic nitrogens is 2. The highest BCUT2D eigenvalue weighted by molar-refractivity contribution is 6.29. The van der Waals surface area contributed by atoms with Gasteiger partial charge in [0.05, 0.1) is 0 Å². The lowest BCUT2D eigenvalue weighted by Gasteiger charge is -1.87. The predicted molar refractivity (Wildman–Crippen MR) is 63.0 cm³/mol. The molecule has 0 radical (unpaired) electrons. The molecule has 0 aliphatic carbocycles. The highest BCUT2D eigenvalue weighted by Crippen LogP contribution is 2.02. The van der Waals surface area contributed by atoms with Crippen molar-refractivity contribution in [3.8, 4) is 0 Å². The van der Waals surface area contributed by atoms with Crippen LogP contribution in [-0.4, -0.2) is 9.97 Å². The molecule has 15 heavy (non-hydrogen) atoms. The van der Waals surface area contributed by atoms with E-state index in [0.29, 0.717) is 5.15 Å². The summed E-state index contributed by atoms with van der Waals surface area (Å²) < 4.78 is 0. The summed E-state index contributed by atoms with van der Waals surface area (Å²) in [5.74, 6) is 0. The molecule has 2 heterocycles. The second kappa shape index (κ2) is 6.14. The zero-order chi connectivity index (χ0) is 11.1. The van der Waals surface area contributed by atoms with Gasteiger partial charge in [0.15, 0.2) is 0 Å². The van der Waals surface area contributed by atoms with Crippen LogP contribution in [0.1, 0.15) is 11.1 Å². The van der Waals surface area contributed by atoms with Crippen LogP contribution in [0.3, 0.4) is 0 Å². The zero-order valence-electron chi connectivity index (χ0n) is 8.81.